The first-order valence-electron chi connectivity index (χ1n) is 22.6. The maximum absolute atomic E-state index is 5.66. The van der Waals surface area contributed by atoms with Crippen LogP contribution in [0.2, 0.25) is 0 Å². The van der Waals surface area contributed by atoms with E-state index in [2.05, 4.69) is 218 Å². The Morgan fingerprint density at radius 2 is 1.14 bits per heavy atom. The van der Waals surface area contributed by atoms with Crippen molar-refractivity contribution in [2.24, 2.45) is 15.9 Å². The number of nitrogens with zero attached hydrogens (tertiary/aromatic N) is 3. The monoisotopic (exact) mass is 817 g/mol. The lowest BCUT2D eigenvalue weighted by molar-refractivity contribution is 0.820. The third-order valence-electron chi connectivity index (χ3n) is 14.0. The number of aromatic nitrogens is 1. The van der Waals surface area contributed by atoms with Gasteiger partial charge in [-0.2, -0.15) is 0 Å². The Hall–Kier alpha value is -7.88. The van der Waals surface area contributed by atoms with Crippen LogP contribution in [0.25, 0.3) is 77.4 Å². The summed E-state index contributed by atoms with van der Waals surface area (Å²) in [7, 11) is 0. The summed E-state index contributed by atoms with van der Waals surface area (Å²) in [6.07, 6.45) is 6.68. The Bertz CT molecular complexity index is 3660. The molecule has 3 nitrogen and oxygen atoms in total. The van der Waals surface area contributed by atoms with E-state index in [-0.39, 0.29) is 5.92 Å². The quantitative estimate of drug-likeness (QED) is 0.150. The van der Waals surface area contributed by atoms with Crippen molar-refractivity contribution in [3.63, 3.8) is 0 Å². The average Bonchev–Trinajstić information content (AvgIpc) is 3.80. The van der Waals surface area contributed by atoms with Crippen LogP contribution in [-0.2, 0) is 0 Å². The van der Waals surface area contributed by atoms with Crippen molar-refractivity contribution >= 4 is 72.1 Å². The molecule has 1 aliphatic carbocycles. The maximum Gasteiger partial charge on any atom is 0.160 e. The van der Waals surface area contributed by atoms with Crippen LogP contribution < -0.4 is 0 Å². The van der Waals surface area contributed by atoms with E-state index in [9.17, 15) is 0 Å². The van der Waals surface area contributed by atoms with Gasteiger partial charge in [0, 0.05) is 45.3 Å². The first-order valence-corrected chi connectivity index (χ1v) is 22.6. The van der Waals surface area contributed by atoms with Crippen molar-refractivity contribution < 1.29 is 0 Å². The molecule has 3 heterocycles. The molecule has 2 aliphatic heterocycles. The van der Waals surface area contributed by atoms with Crippen LogP contribution in [0, 0.1) is 5.92 Å². The molecule has 2 atom stereocenters. The van der Waals surface area contributed by atoms with E-state index in [1.807, 2.05) is 0 Å². The summed E-state index contributed by atoms with van der Waals surface area (Å²) in [4.78, 5) is 11.1. The first-order chi connectivity index (χ1) is 31.7. The maximum atomic E-state index is 5.66. The van der Waals surface area contributed by atoms with Crippen molar-refractivity contribution in [1.29, 1.82) is 0 Å². The number of aliphatic imine (C=N–C) groups is 2. The van der Waals surface area contributed by atoms with Crippen LogP contribution in [-0.4, -0.2) is 16.1 Å². The standard InChI is InChI=1S/C61H43N3/c1-2-38-37-55(41-30-28-40(29-31-41)39-16-5-3-6-17-39)62-61(42-18-7-4-8-19-42)63-59(38)51-25-15-24-50-46-21-10-9-20-45(46)47-33-32-43(34-52(47)58(50)51)44-35-53-48-22-11-13-26-56(48)64-57-27-14-12-23-49(57)54(36-44)60(53)64/h3-35,37-38,54H,2,36H2,1H3. The topological polar surface area (TPSA) is 29.6 Å². The Balaban J connectivity index is 1.02. The molecule has 13 rings (SSSR count). The summed E-state index contributed by atoms with van der Waals surface area (Å²) in [5.74, 6) is 1.05. The number of rotatable bonds is 6. The second-order valence-electron chi connectivity index (χ2n) is 17.5. The van der Waals surface area contributed by atoms with Gasteiger partial charge in [0.15, 0.2) is 5.84 Å². The highest BCUT2D eigenvalue weighted by molar-refractivity contribution is 6.31. The zero-order valence-electron chi connectivity index (χ0n) is 35.5. The fourth-order valence-electron chi connectivity index (χ4n) is 11.0. The molecule has 1 aromatic heterocycles. The number of fused-ring (bicyclic) bond motifs is 12. The average molecular weight is 818 g/mol. The summed E-state index contributed by atoms with van der Waals surface area (Å²) in [5, 5.41) is 8.84. The van der Waals surface area contributed by atoms with Gasteiger partial charge in [-0.05, 0) is 109 Å². The number of benzene rings is 9. The van der Waals surface area contributed by atoms with Crippen molar-refractivity contribution in [2.45, 2.75) is 25.7 Å². The summed E-state index contributed by atoms with van der Waals surface area (Å²) < 4.78 is 2.52. The van der Waals surface area contributed by atoms with Crippen LogP contribution in [0.3, 0.4) is 0 Å². The van der Waals surface area contributed by atoms with E-state index >= 15 is 0 Å². The second-order valence-corrected chi connectivity index (χ2v) is 17.5. The predicted molar refractivity (Wildman–Crippen MR) is 270 cm³/mol. The van der Waals surface area contributed by atoms with Gasteiger partial charge in [-0.3, -0.25) is 0 Å². The molecule has 9 aromatic carbocycles. The molecule has 0 spiro atoms. The molecule has 64 heavy (non-hydrogen) atoms. The lowest BCUT2D eigenvalue weighted by atomic mass is 9.80. The Kier molecular flexibility index (Phi) is 8.39. The summed E-state index contributed by atoms with van der Waals surface area (Å²) in [6.45, 7) is 2.28. The van der Waals surface area contributed by atoms with Gasteiger partial charge in [0.25, 0.3) is 0 Å². The Morgan fingerprint density at radius 3 is 1.94 bits per heavy atom. The molecule has 0 radical (unpaired) electrons. The molecule has 0 N–H and O–H groups in total. The zero-order chi connectivity index (χ0) is 42.3. The highest BCUT2D eigenvalue weighted by Gasteiger charge is 2.37. The molecule has 3 heteroatoms. The van der Waals surface area contributed by atoms with Crippen molar-refractivity contribution in [2.75, 3.05) is 0 Å². The van der Waals surface area contributed by atoms with Gasteiger partial charge in [-0.25, -0.2) is 9.98 Å². The molecule has 0 bridgehead atoms. The molecular formula is C61H43N3. The minimum Gasteiger partial charge on any atom is -0.312 e. The lowest BCUT2D eigenvalue weighted by Gasteiger charge is -2.23. The van der Waals surface area contributed by atoms with Gasteiger partial charge in [0.05, 0.1) is 16.9 Å². The number of amidine groups is 1. The number of hydrogen-bond donors (Lipinski definition) is 0. The van der Waals surface area contributed by atoms with Gasteiger partial charge in [0.1, 0.15) is 0 Å². The summed E-state index contributed by atoms with van der Waals surface area (Å²) >= 11 is 0. The predicted octanol–water partition coefficient (Wildman–Crippen LogP) is 15.5. The Morgan fingerprint density at radius 1 is 0.516 bits per heavy atom. The third kappa shape index (κ3) is 5.67. The van der Waals surface area contributed by atoms with E-state index < -0.39 is 0 Å². The van der Waals surface area contributed by atoms with Crippen molar-refractivity contribution in [3.8, 4) is 16.8 Å². The number of allylic oxidation sites excluding steroid dienone is 2. The van der Waals surface area contributed by atoms with Crippen LogP contribution in [0.15, 0.2) is 210 Å². The molecule has 0 fully saturated rings. The minimum absolute atomic E-state index is 0.0169. The normalized spacial score (nSPS) is 16.6. The number of para-hydroxylation sites is 2. The van der Waals surface area contributed by atoms with E-state index in [0.717, 1.165) is 46.8 Å². The summed E-state index contributed by atoms with van der Waals surface area (Å²) in [6, 6.07) is 70.8. The third-order valence-corrected chi connectivity index (χ3v) is 14.0. The van der Waals surface area contributed by atoms with Crippen LogP contribution >= 0.6 is 0 Å². The van der Waals surface area contributed by atoms with Crippen LogP contribution in [0.4, 0.5) is 0 Å². The van der Waals surface area contributed by atoms with E-state index in [0.29, 0.717) is 5.92 Å². The van der Waals surface area contributed by atoms with Crippen molar-refractivity contribution in [1.82, 2.24) is 4.57 Å². The van der Waals surface area contributed by atoms with E-state index in [4.69, 9.17) is 9.98 Å². The highest BCUT2D eigenvalue weighted by atomic mass is 15.0. The largest absolute Gasteiger partial charge is 0.312 e. The van der Waals surface area contributed by atoms with Crippen molar-refractivity contribution in [3.05, 3.63) is 239 Å². The smallest absolute Gasteiger partial charge is 0.160 e. The molecule has 2 unspecified atom stereocenters. The first kappa shape index (κ1) is 36.7. The molecule has 0 saturated heterocycles. The van der Waals surface area contributed by atoms with Gasteiger partial charge in [-0.15, -0.1) is 0 Å². The van der Waals surface area contributed by atoms with E-state index in [1.165, 1.54) is 88.0 Å². The molecule has 0 saturated carbocycles. The van der Waals surface area contributed by atoms with Crippen LogP contribution in [0.1, 0.15) is 64.8 Å². The van der Waals surface area contributed by atoms with Gasteiger partial charge in [-0.1, -0.05) is 183 Å². The second kappa shape index (κ2) is 14.6. The summed E-state index contributed by atoms with van der Waals surface area (Å²) in [5.41, 5.74) is 17.1. The highest BCUT2D eigenvalue weighted by Crippen LogP contribution is 2.52. The Labute approximate surface area is 372 Å². The van der Waals surface area contributed by atoms with E-state index in [1.54, 1.807) is 0 Å². The molecule has 302 valence electrons. The lowest BCUT2D eigenvalue weighted by Crippen LogP contribution is -2.15. The van der Waals surface area contributed by atoms with Gasteiger partial charge in [0.2, 0.25) is 0 Å². The van der Waals surface area contributed by atoms with Gasteiger partial charge >= 0.3 is 0 Å². The molecule has 3 aliphatic rings. The minimum atomic E-state index is 0.0169. The molecular weight excluding hydrogens is 775 g/mol. The number of hydrogen-bond acceptors (Lipinski definition) is 2. The van der Waals surface area contributed by atoms with Gasteiger partial charge < -0.3 is 4.57 Å². The SMILES string of the molecule is CCC1C=C(c2ccc(-c3ccccc3)cc2)N=C(c2ccccc2)N=C1c1cccc2c3ccccc3c3ccc(C4=Cc5c6n(c7ccccc57)-c5ccccc5C6C4)cc3c12. The fourth-order valence-corrected chi connectivity index (χ4v) is 11.0. The zero-order valence-corrected chi connectivity index (χ0v) is 35.5. The molecule has 10 aromatic rings. The fraction of sp³-hybridized carbons (Fsp3) is 0.0820. The molecule has 0 amide bonds. The van der Waals surface area contributed by atoms with Crippen LogP contribution in [0.5, 0.6) is 0 Å².